The minimum absolute atomic E-state index is 0.0611. The number of pyridine rings is 1. The van der Waals surface area contributed by atoms with Gasteiger partial charge in [0.1, 0.15) is 10.6 Å². The molecule has 0 amide bonds. The first kappa shape index (κ1) is 13.7. The van der Waals surface area contributed by atoms with Gasteiger partial charge < -0.3 is 4.74 Å². The fourth-order valence-electron chi connectivity index (χ4n) is 1.45. The van der Waals surface area contributed by atoms with E-state index in [0.717, 1.165) is 0 Å². The molecular weight excluding hydrogens is 292 g/mol. The molecule has 0 radical (unpaired) electrons. The number of primary sulfonamides is 1. The van der Waals surface area contributed by atoms with Gasteiger partial charge in [0.25, 0.3) is 0 Å². The molecule has 7 nitrogen and oxygen atoms in total. The molecule has 100 valence electrons. The van der Waals surface area contributed by atoms with Gasteiger partial charge in [0, 0.05) is 6.20 Å². The van der Waals surface area contributed by atoms with E-state index in [1.807, 2.05) is 0 Å². The highest BCUT2D eigenvalue weighted by Gasteiger charge is 2.21. The first-order chi connectivity index (χ1) is 8.93. The molecule has 0 saturated carbocycles. The lowest BCUT2D eigenvalue weighted by Crippen LogP contribution is -2.14. The van der Waals surface area contributed by atoms with Crippen molar-refractivity contribution in [3.05, 3.63) is 29.7 Å². The summed E-state index contributed by atoms with van der Waals surface area (Å²) in [5.41, 5.74) is 0.211. The van der Waals surface area contributed by atoms with Gasteiger partial charge in [-0.2, -0.15) is 4.98 Å². The smallest absolute Gasteiger partial charge is 0.243 e. The molecule has 0 spiro atoms. The zero-order valence-corrected chi connectivity index (χ0v) is 11.3. The van der Waals surface area contributed by atoms with E-state index in [2.05, 4.69) is 15.0 Å². The van der Waals surface area contributed by atoms with Crippen LogP contribution in [0, 0.1) is 0 Å². The minimum Gasteiger partial charge on any atom is -0.479 e. The molecule has 0 fully saturated rings. The Balaban J connectivity index is 2.73. The number of aromatic nitrogens is 3. The molecule has 0 saturated heterocycles. The maximum atomic E-state index is 11.5. The Kier molecular flexibility index (Phi) is 3.65. The molecule has 19 heavy (non-hydrogen) atoms. The van der Waals surface area contributed by atoms with Crippen molar-refractivity contribution < 1.29 is 13.2 Å². The summed E-state index contributed by atoms with van der Waals surface area (Å²) < 4.78 is 28.0. The first-order valence-corrected chi connectivity index (χ1v) is 6.90. The van der Waals surface area contributed by atoms with Gasteiger partial charge in [-0.15, -0.1) is 0 Å². The van der Waals surface area contributed by atoms with E-state index < -0.39 is 10.0 Å². The first-order valence-electron chi connectivity index (χ1n) is 4.98. The second kappa shape index (κ2) is 5.08. The van der Waals surface area contributed by atoms with Crippen molar-refractivity contribution in [3.8, 4) is 17.3 Å². The molecule has 0 aliphatic carbocycles. The Morgan fingerprint density at radius 3 is 2.68 bits per heavy atom. The van der Waals surface area contributed by atoms with Crippen LogP contribution in [-0.2, 0) is 10.0 Å². The van der Waals surface area contributed by atoms with Crippen molar-refractivity contribution in [3.63, 3.8) is 0 Å². The van der Waals surface area contributed by atoms with Gasteiger partial charge >= 0.3 is 0 Å². The molecule has 2 rings (SSSR count). The predicted molar refractivity (Wildman–Crippen MR) is 68.2 cm³/mol. The summed E-state index contributed by atoms with van der Waals surface area (Å²) in [7, 11) is -2.57. The maximum absolute atomic E-state index is 11.5. The van der Waals surface area contributed by atoms with E-state index in [-0.39, 0.29) is 27.3 Å². The second-order valence-electron chi connectivity index (χ2n) is 3.45. The standard InChI is InChI=1S/C10H9ClN4O3S/c1-18-10-9(14-5-7(11)15-10)8-6(19(12,16)17)3-2-4-13-8/h2-5H,1H3,(H2,12,16,17). The van der Waals surface area contributed by atoms with Crippen molar-refractivity contribution in [1.29, 1.82) is 0 Å². The molecule has 0 atom stereocenters. The zero-order valence-electron chi connectivity index (χ0n) is 9.74. The lowest BCUT2D eigenvalue weighted by atomic mass is 10.2. The van der Waals surface area contributed by atoms with Gasteiger partial charge in [-0.1, -0.05) is 11.6 Å². The minimum atomic E-state index is -3.94. The molecule has 0 aromatic carbocycles. The number of nitrogens with two attached hydrogens (primary N) is 1. The summed E-state index contributed by atoms with van der Waals surface area (Å²) in [5, 5.41) is 5.25. The lowest BCUT2D eigenvalue weighted by Gasteiger charge is -2.09. The third-order valence-electron chi connectivity index (χ3n) is 2.21. The molecule has 2 N–H and O–H groups in total. The maximum Gasteiger partial charge on any atom is 0.243 e. The molecular formula is C10H9ClN4O3S. The highest BCUT2D eigenvalue weighted by molar-refractivity contribution is 7.89. The van der Waals surface area contributed by atoms with E-state index in [1.165, 1.54) is 31.6 Å². The van der Waals surface area contributed by atoms with Gasteiger partial charge in [0.15, 0.2) is 10.8 Å². The molecule has 9 heteroatoms. The van der Waals surface area contributed by atoms with Crippen LogP contribution in [0.3, 0.4) is 0 Å². The van der Waals surface area contributed by atoms with Gasteiger partial charge in [-0.05, 0) is 12.1 Å². The largest absolute Gasteiger partial charge is 0.479 e. The summed E-state index contributed by atoms with van der Waals surface area (Å²) in [6.45, 7) is 0. The van der Waals surface area contributed by atoms with Crippen LogP contribution >= 0.6 is 11.6 Å². The number of hydrogen-bond acceptors (Lipinski definition) is 6. The number of hydrogen-bond donors (Lipinski definition) is 1. The molecule has 0 aliphatic rings. The van der Waals surface area contributed by atoms with Crippen molar-refractivity contribution in [2.45, 2.75) is 4.90 Å². The van der Waals surface area contributed by atoms with Crippen LogP contribution in [0.5, 0.6) is 5.88 Å². The van der Waals surface area contributed by atoms with E-state index in [4.69, 9.17) is 21.5 Å². The summed E-state index contributed by atoms with van der Waals surface area (Å²) in [5.74, 6) is 0.0658. The van der Waals surface area contributed by atoms with Crippen molar-refractivity contribution in [2.75, 3.05) is 7.11 Å². The number of methoxy groups -OCH3 is 1. The van der Waals surface area contributed by atoms with Crippen LogP contribution in [0.4, 0.5) is 0 Å². The highest BCUT2D eigenvalue weighted by atomic mass is 35.5. The number of rotatable bonds is 3. The zero-order chi connectivity index (χ0) is 14.0. The summed E-state index contributed by atoms with van der Waals surface area (Å²) in [6, 6.07) is 2.78. The highest BCUT2D eigenvalue weighted by Crippen LogP contribution is 2.29. The lowest BCUT2D eigenvalue weighted by molar-refractivity contribution is 0.397. The van der Waals surface area contributed by atoms with Crippen LogP contribution in [-0.4, -0.2) is 30.5 Å². The van der Waals surface area contributed by atoms with Crippen LogP contribution in [0.2, 0.25) is 5.15 Å². The summed E-state index contributed by atoms with van der Waals surface area (Å²) >= 11 is 5.70. The van der Waals surface area contributed by atoms with Crippen LogP contribution in [0.25, 0.3) is 11.4 Å². The van der Waals surface area contributed by atoms with Gasteiger partial charge in [0.05, 0.1) is 13.3 Å². The molecule has 2 aromatic rings. The van der Waals surface area contributed by atoms with E-state index in [1.54, 1.807) is 0 Å². The van der Waals surface area contributed by atoms with Gasteiger partial charge in [-0.25, -0.2) is 18.5 Å². The van der Waals surface area contributed by atoms with E-state index in [0.29, 0.717) is 0 Å². The van der Waals surface area contributed by atoms with E-state index in [9.17, 15) is 8.42 Å². The Labute approximate surface area is 114 Å². The number of sulfonamides is 1. The van der Waals surface area contributed by atoms with E-state index >= 15 is 0 Å². The normalized spacial score (nSPS) is 11.3. The molecule has 0 bridgehead atoms. The number of nitrogens with zero attached hydrogens (tertiary/aromatic N) is 3. The summed E-state index contributed by atoms with van der Waals surface area (Å²) in [4.78, 5) is 11.7. The Hall–Kier alpha value is -1.77. The Morgan fingerprint density at radius 2 is 2.05 bits per heavy atom. The van der Waals surface area contributed by atoms with Gasteiger partial charge in [-0.3, -0.25) is 4.98 Å². The third kappa shape index (κ3) is 2.80. The van der Waals surface area contributed by atoms with Crippen molar-refractivity contribution >= 4 is 21.6 Å². The second-order valence-corrected chi connectivity index (χ2v) is 5.36. The van der Waals surface area contributed by atoms with Crippen molar-refractivity contribution in [1.82, 2.24) is 15.0 Å². The van der Waals surface area contributed by atoms with Crippen LogP contribution in [0.1, 0.15) is 0 Å². The van der Waals surface area contributed by atoms with Crippen LogP contribution < -0.4 is 9.88 Å². The molecule has 0 unspecified atom stereocenters. The Morgan fingerprint density at radius 1 is 1.32 bits per heavy atom. The molecule has 2 heterocycles. The topological polar surface area (TPSA) is 108 Å². The molecule has 2 aromatic heterocycles. The average molecular weight is 301 g/mol. The Bertz CT molecular complexity index is 720. The SMILES string of the molecule is COc1nc(Cl)cnc1-c1ncccc1S(N)(=O)=O. The quantitative estimate of drug-likeness (QED) is 0.900. The molecule has 0 aliphatic heterocycles. The fraction of sp³-hybridized carbons (Fsp3) is 0.100. The number of ether oxygens (including phenoxy) is 1. The van der Waals surface area contributed by atoms with Gasteiger partial charge in [0.2, 0.25) is 15.9 Å². The fourth-order valence-corrected chi connectivity index (χ4v) is 2.27. The van der Waals surface area contributed by atoms with Crippen LogP contribution in [0.15, 0.2) is 29.4 Å². The monoisotopic (exact) mass is 300 g/mol. The summed E-state index contributed by atoms with van der Waals surface area (Å²) in [6.07, 6.45) is 2.68. The average Bonchev–Trinajstić information content (AvgIpc) is 2.37. The number of halogens is 1. The third-order valence-corrected chi connectivity index (χ3v) is 3.33. The van der Waals surface area contributed by atoms with Crippen molar-refractivity contribution in [2.24, 2.45) is 5.14 Å². The predicted octanol–water partition coefficient (Wildman–Crippen LogP) is 0.848.